The largest absolute Gasteiger partial charge is 0.290 e. The Balaban J connectivity index is 1.31. The Labute approximate surface area is 289 Å². The van der Waals surface area contributed by atoms with Crippen LogP contribution < -0.4 is 0 Å². The molecule has 0 N–H and O–H groups in total. The molecule has 0 atom stereocenters. The highest BCUT2D eigenvalue weighted by atomic mass is 32.2. The standard InChI is InChI=1S/C45H28N2O2S/c48-50(49)40-25-13-23-38-43(40)47(45(46-38)31-18-8-3-9-19-31)39-24-12-22-33(44(39)50)32-26-27-36-37(28-32)42(30-16-6-2-7-17-30)35-21-11-10-20-34(35)41(36)29-14-4-1-5-15-29/h1-28H. The van der Waals surface area contributed by atoms with Gasteiger partial charge < -0.3 is 0 Å². The van der Waals surface area contributed by atoms with Crippen LogP contribution in [0.25, 0.3) is 83.0 Å². The Kier molecular flexibility index (Phi) is 6.23. The molecular formula is C45H28N2O2S. The highest BCUT2D eigenvalue weighted by molar-refractivity contribution is 7.92. The first-order chi connectivity index (χ1) is 24.6. The van der Waals surface area contributed by atoms with Crippen LogP contribution in [0.5, 0.6) is 0 Å². The van der Waals surface area contributed by atoms with Crippen molar-refractivity contribution in [3.05, 3.63) is 170 Å². The first-order valence-electron chi connectivity index (χ1n) is 16.6. The molecule has 1 aliphatic rings. The lowest BCUT2D eigenvalue weighted by Crippen LogP contribution is -2.16. The molecule has 0 radical (unpaired) electrons. The molecule has 2 heterocycles. The number of para-hydroxylation sites is 1. The van der Waals surface area contributed by atoms with Gasteiger partial charge in [0, 0.05) is 11.1 Å². The Morgan fingerprint density at radius 3 is 1.68 bits per heavy atom. The van der Waals surface area contributed by atoms with Crippen molar-refractivity contribution in [2.75, 3.05) is 0 Å². The number of sulfone groups is 1. The SMILES string of the molecule is O=S1(=O)c2c(-c3ccc4c(-c5ccccc5)c5ccccc5c(-c5ccccc5)c4c3)cccc2-n2c(-c3ccccc3)nc3cccc1c32. The summed E-state index contributed by atoms with van der Waals surface area (Å²) in [6, 6.07) is 57.1. The summed E-state index contributed by atoms with van der Waals surface area (Å²) < 4.78 is 31.5. The Morgan fingerprint density at radius 2 is 1.02 bits per heavy atom. The van der Waals surface area contributed by atoms with Gasteiger partial charge in [-0.2, -0.15) is 0 Å². The highest BCUT2D eigenvalue weighted by Crippen LogP contribution is 2.48. The smallest absolute Gasteiger partial charge is 0.211 e. The van der Waals surface area contributed by atoms with Crippen LogP contribution in [-0.2, 0) is 9.84 Å². The molecule has 1 aromatic heterocycles. The third-order valence-corrected chi connectivity index (χ3v) is 11.8. The number of benzene rings is 8. The van der Waals surface area contributed by atoms with Crippen molar-refractivity contribution in [3.63, 3.8) is 0 Å². The Bertz CT molecular complexity index is 2920. The highest BCUT2D eigenvalue weighted by Gasteiger charge is 2.36. The fourth-order valence-corrected chi connectivity index (χ4v) is 9.66. The molecule has 0 bridgehead atoms. The van der Waals surface area contributed by atoms with Gasteiger partial charge in [0.25, 0.3) is 0 Å². The molecule has 8 aromatic carbocycles. The van der Waals surface area contributed by atoms with E-state index in [-0.39, 0.29) is 4.90 Å². The first kappa shape index (κ1) is 28.7. The summed E-state index contributed by atoms with van der Waals surface area (Å²) >= 11 is 0. The van der Waals surface area contributed by atoms with E-state index >= 15 is 0 Å². The number of rotatable bonds is 4. The van der Waals surface area contributed by atoms with Crippen LogP contribution in [-0.4, -0.2) is 18.0 Å². The predicted octanol–water partition coefficient (Wildman–Crippen LogP) is 11.1. The summed E-state index contributed by atoms with van der Waals surface area (Å²) in [5, 5.41) is 4.49. The van der Waals surface area contributed by atoms with Crippen molar-refractivity contribution in [2.45, 2.75) is 9.79 Å². The summed E-state index contributed by atoms with van der Waals surface area (Å²) in [5.74, 6) is 0.713. The number of aromatic nitrogens is 2. The van der Waals surface area contributed by atoms with E-state index in [1.165, 1.54) is 5.39 Å². The number of fused-ring (bicyclic) bond motifs is 4. The summed E-state index contributed by atoms with van der Waals surface area (Å²) in [7, 11) is -3.92. The monoisotopic (exact) mass is 660 g/mol. The molecule has 5 heteroatoms. The Hall–Kier alpha value is -6.30. The quantitative estimate of drug-likeness (QED) is 0.177. The van der Waals surface area contributed by atoms with Crippen molar-refractivity contribution in [1.29, 1.82) is 0 Å². The van der Waals surface area contributed by atoms with Crippen LogP contribution in [0.4, 0.5) is 0 Å². The average Bonchev–Trinajstić information content (AvgIpc) is 3.57. The van der Waals surface area contributed by atoms with Gasteiger partial charge in [-0.05, 0) is 73.6 Å². The lowest BCUT2D eigenvalue weighted by molar-refractivity contribution is 0.595. The molecule has 0 amide bonds. The molecule has 1 aliphatic heterocycles. The van der Waals surface area contributed by atoms with Gasteiger partial charge in [-0.25, -0.2) is 13.4 Å². The third kappa shape index (κ3) is 4.11. The van der Waals surface area contributed by atoms with E-state index in [0.29, 0.717) is 33.0 Å². The second-order valence-electron chi connectivity index (χ2n) is 12.7. The van der Waals surface area contributed by atoms with Crippen molar-refractivity contribution < 1.29 is 8.42 Å². The molecule has 236 valence electrons. The summed E-state index contributed by atoms with van der Waals surface area (Å²) in [5.41, 5.74) is 8.81. The lowest BCUT2D eigenvalue weighted by atomic mass is 9.85. The zero-order valence-corrected chi connectivity index (χ0v) is 27.6. The number of hydrogen-bond acceptors (Lipinski definition) is 3. The Morgan fingerprint density at radius 1 is 0.460 bits per heavy atom. The molecule has 0 saturated heterocycles. The van der Waals surface area contributed by atoms with E-state index in [0.717, 1.165) is 49.5 Å². The van der Waals surface area contributed by atoms with E-state index in [1.807, 2.05) is 71.3 Å². The normalized spacial score (nSPS) is 13.1. The molecule has 4 nitrogen and oxygen atoms in total. The minimum atomic E-state index is -3.92. The van der Waals surface area contributed by atoms with Gasteiger partial charge in [0.2, 0.25) is 9.84 Å². The van der Waals surface area contributed by atoms with E-state index in [4.69, 9.17) is 4.98 Å². The third-order valence-electron chi connectivity index (χ3n) is 9.92. The van der Waals surface area contributed by atoms with Gasteiger partial charge in [0.05, 0.1) is 21.6 Å². The second kappa shape index (κ2) is 10.9. The van der Waals surface area contributed by atoms with E-state index in [9.17, 15) is 8.42 Å². The summed E-state index contributed by atoms with van der Waals surface area (Å²) in [6.45, 7) is 0. The maximum absolute atomic E-state index is 14.7. The maximum atomic E-state index is 14.7. The van der Waals surface area contributed by atoms with Crippen LogP contribution >= 0.6 is 0 Å². The maximum Gasteiger partial charge on any atom is 0.211 e. The van der Waals surface area contributed by atoms with Gasteiger partial charge in [0.15, 0.2) is 0 Å². The van der Waals surface area contributed by atoms with E-state index < -0.39 is 9.84 Å². The van der Waals surface area contributed by atoms with E-state index in [2.05, 4.69) is 91.0 Å². The number of nitrogens with zero attached hydrogens (tertiary/aromatic N) is 2. The molecule has 0 spiro atoms. The minimum Gasteiger partial charge on any atom is -0.290 e. The summed E-state index contributed by atoms with van der Waals surface area (Å²) in [6.07, 6.45) is 0. The summed E-state index contributed by atoms with van der Waals surface area (Å²) in [4.78, 5) is 5.54. The molecular weight excluding hydrogens is 633 g/mol. The fraction of sp³-hybridized carbons (Fsp3) is 0. The second-order valence-corrected chi connectivity index (χ2v) is 14.6. The molecule has 0 unspecified atom stereocenters. The van der Waals surface area contributed by atoms with Crippen LogP contribution in [0.1, 0.15) is 0 Å². The van der Waals surface area contributed by atoms with Crippen molar-refractivity contribution in [1.82, 2.24) is 9.55 Å². The zero-order chi connectivity index (χ0) is 33.4. The number of imidazole rings is 1. The van der Waals surface area contributed by atoms with Crippen molar-refractivity contribution in [2.24, 2.45) is 0 Å². The fourth-order valence-electron chi connectivity index (χ4n) is 7.83. The predicted molar refractivity (Wildman–Crippen MR) is 203 cm³/mol. The molecule has 10 rings (SSSR count). The zero-order valence-electron chi connectivity index (χ0n) is 26.8. The van der Waals surface area contributed by atoms with Crippen molar-refractivity contribution >= 4 is 42.4 Å². The van der Waals surface area contributed by atoms with Gasteiger partial charge in [-0.1, -0.05) is 146 Å². The van der Waals surface area contributed by atoms with Crippen LogP contribution in [0, 0.1) is 0 Å². The van der Waals surface area contributed by atoms with Gasteiger partial charge in [-0.3, -0.25) is 4.57 Å². The number of hydrogen-bond donors (Lipinski definition) is 0. The van der Waals surface area contributed by atoms with Gasteiger partial charge >= 0.3 is 0 Å². The van der Waals surface area contributed by atoms with Crippen LogP contribution in [0.15, 0.2) is 180 Å². The van der Waals surface area contributed by atoms with E-state index in [1.54, 1.807) is 12.1 Å². The first-order valence-corrected chi connectivity index (χ1v) is 18.1. The molecule has 9 aromatic rings. The average molecular weight is 661 g/mol. The van der Waals surface area contributed by atoms with Crippen molar-refractivity contribution in [3.8, 4) is 50.5 Å². The molecule has 50 heavy (non-hydrogen) atoms. The van der Waals surface area contributed by atoms with Crippen LogP contribution in [0.2, 0.25) is 0 Å². The van der Waals surface area contributed by atoms with Crippen LogP contribution in [0.3, 0.4) is 0 Å². The minimum absolute atomic E-state index is 0.271. The van der Waals surface area contributed by atoms with Gasteiger partial charge in [0.1, 0.15) is 10.7 Å². The molecule has 0 saturated carbocycles. The molecule has 0 fully saturated rings. The van der Waals surface area contributed by atoms with Gasteiger partial charge in [-0.15, -0.1) is 0 Å². The lowest BCUT2D eigenvalue weighted by Gasteiger charge is -2.24. The molecule has 0 aliphatic carbocycles. The topological polar surface area (TPSA) is 52.0 Å².